The summed E-state index contributed by atoms with van der Waals surface area (Å²) in [4.78, 5) is 21.8. The number of rotatable bonds is 6. The number of hydrogen-bond donors (Lipinski definition) is 0. The molecule has 0 atom stereocenters. The van der Waals surface area contributed by atoms with Gasteiger partial charge in [-0.2, -0.15) is 0 Å². The Kier molecular flexibility index (Phi) is 6.01. The van der Waals surface area contributed by atoms with Crippen molar-refractivity contribution in [2.75, 3.05) is 33.3 Å². The lowest BCUT2D eigenvalue weighted by Crippen LogP contribution is -2.47. The van der Waals surface area contributed by atoms with Gasteiger partial charge in [0.25, 0.3) is 0 Å². The first kappa shape index (κ1) is 21.2. The van der Waals surface area contributed by atoms with E-state index >= 15 is 0 Å². The molecular formula is C23H23ClN4O3S. The Morgan fingerprint density at radius 3 is 2.59 bits per heavy atom. The molecule has 32 heavy (non-hydrogen) atoms. The van der Waals surface area contributed by atoms with E-state index < -0.39 is 0 Å². The fourth-order valence-corrected chi connectivity index (χ4v) is 4.92. The number of fused-ring (bicyclic) bond motifs is 1. The van der Waals surface area contributed by atoms with Crippen LogP contribution in [-0.2, 0) is 13.2 Å². The number of aromatic nitrogens is 2. The van der Waals surface area contributed by atoms with Crippen molar-refractivity contribution in [1.82, 2.24) is 19.4 Å². The molecule has 0 unspecified atom stereocenters. The summed E-state index contributed by atoms with van der Waals surface area (Å²) in [7, 11) is 1.67. The van der Waals surface area contributed by atoms with E-state index in [2.05, 4.69) is 15.2 Å². The highest BCUT2D eigenvalue weighted by Crippen LogP contribution is 2.26. The predicted molar refractivity (Wildman–Crippen MR) is 126 cm³/mol. The van der Waals surface area contributed by atoms with E-state index in [0.29, 0.717) is 17.3 Å². The van der Waals surface area contributed by atoms with Gasteiger partial charge in [0.1, 0.15) is 10.8 Å². The van der Waals surface area contributed by atoms with Gasteiger partial charge in [0, 0.05) is 54.8 Å². The Balaban J connectivity index is 1.18. The minimum absolute atomic E-state index is 0.349. The number of halogens is 1. The number of ether oxygens (including phenoxy) is 1. The van der Waals surface area contributed by atoms with Gasteiger partial charge < -0.3 is 9.15 Å². The lowest BCUT2D eigenvalue weighted by Gasteiger charge is -2.34. The first-order valence-electron chi connectivity index (χ1n) is 10.4. The molecule has 1 saturated heterocycles. The number of thiazole rings is 1. The average molecular weight is 471 g/mol. The Morgan fingerprint density at radius 1 is 1.09 bits per heavy atom. The smallest absolute Gasteiger partial charge is 0.421 e. The molecule has 0 N–H and O–H groups in total. The van der Waals surface area contributed by atoms with Crippen molar-refractivity contribution in [3.8, 4) is 16.3 Å². The summed E-state index contributed by atoms with van der Waals surface area (Å²) in [6, 6.07) is 13.3. The maximum atomic E-state index is 12.3. The van der Waals surface area contributed by atoms with Gasteiger partial charge in [-0.05, 0) is 36.4 Å². The summed E-state index contributed by atoms with van der Waals surface area (Å²) in [5.74, 6) is 0.496. The summed E-state index contributed by atoms with van der Waals surface area (Å²) in [5.41, 5.74) is 3.49. The fraction of sp³-hybridized carbons (Fsp3) is 0.304. The molecular weight excluding hydrogens is 448 g/mol. The maximum Gasteiger partial charge on any atom is 0.421 e. The topological polar surface area (TPSA) is 63.7 Å². The molecule has 5 rings (SSSR count). The van der Waals surface area contributed by atoms with Gasteiger partial charge in [0.05, 0.1) is 25.0 Å². The molecule has 7 nitrogen and oxygen atoms in total. The van der Waals surface area contributed by atoms with Crippen LogP contribution in [0.4, 0.5) is 0 Å². The second-order valence-corrected chi connectivity index (χ2v) is 9.11. The van der Waals surface area contributed by atoms with Gasteiger partial charge in [-0.15, -0.1) is 11.3 Å². The molecule has 4 aromatic rings. The average Bonchev–Trinajstić information content (AvgIpc) is 3.39. The van der Waals surface area contributed by atoms with Crippen molar-refractivity contribution >= 4 is 34.0 Å². The fourth-order valence-electron chi connectivity index (χ4n) is 3.94. The van der Waals surface area contributed by atoms with E-state index in [1.807, 2.05) is 30.3 Å². The molecule has 0 radical (unpaired) electrons. The van der Waals surface area contributed by atoms with Gasteiger partial charge in [0.15, 0.2) is 5.58 Å². The number of methoxy groups -OCH3 is 1. The zero-order valence-electron chi connectivity index (χ0n) is 17.7. The number of benzene rings is 2. The monoisotopic (exact) mass is 470 g/mol. The van der Waals surface area contributed by atoms with Crippen LogP contribution in [0.2, 0.25) is 5.02 Å². The number of hydrogen-bond acceptors (Lipinski definition) is 7. The Hall–Kier alpha value is -2.65. The molecule has 2 aromatic heterocycles. The van der Waals surface area contributed by atoms with Crippen molar-refractivity contribution in [2.45, 2.75) is 13.2 Å². The predicted octanol–water partition coefficient (Wildman–Crippen LogP) is 4.16. The van der Waals surface area contributed by atoms with E-state index in [1.54, 1.807) is 35.1 Å². The minimum Gasteiger partial charge on any atom is -0.497 e. The van der Waals surface area contributed by atoms with Crippen LogP contribution >= 0.6 is 22.9 Å². The van der Waals surface area contributed by atoms with Crippen molar-refractivity contribution in [3.05, 3.63) is 69.1 Å². The highest BCUT2D eigenvalue weighted by Gasteiger charge is 2.20. The highest BCUT2D eigenvalue weighted by atomic mass is 35.5. The second-order valence-electron chi connectivity index (χ2n) is 7.82. The van der Waals surface area contributed by atoms with Gasteiger partial charge in [-0.25, -0.2) is 9.78 Å². The van der Waals surface area contributed by atoms with E-state index in [9.17, 15) is 4.79 Å². The van der Waals surface area contributed by atoms with E-state index in [4.69, 9.17) is 25.7 Å². The first-order chi connectivity index (χ1) is 15.6. The quantitative estimate of drug-likeness (QED) is 0.421. The SMILES string of the molecule is COc1ccc(-c2nc(CN3CCN(Cn4c(=O)oc5cc(Cl)ccc54)CC3)cs2)cc1. The van der Waals surface area contributed by atoms with E-state index in [-0.39, 0.29) is 5.76 Å². The number of oxazole rings is 1. The zero-order chi connectivity index (χ0) is 22.1. The van der Waals surface area contributed by atoms with Gasteiger partial charge in [0.2, 0.25) is 0 Å². The third kappa shape index (κ3) is 4.45. The van der Waals surface area contributed by atoms with Crippen LogP contribution in [0.1, 0.15) is 5.69 Å². The van der Waals surface area contributed by atoms with Crippen molar-refractivity contribution in [1.29, 1.82) is 0 Å². The third-order valence-electron chi connectivity index (χ3n) is 5.71. The number of nitrogens with zero attached hydrogens (tertiary/aromatic N) is 4. The highest BCUT2D eigenvalue weighted by molar-refractivity contribution is 7.13. The Labute approximate surface area is 194 Å². The molecule has 166 valence electrons. The van der Waals surface area contributed by atoms with Crippen LogP contribution in [0.5, 0.6) is 5.75 Å². The Morgan fingerprint density at radius 2 is 1.84 bits per heavy atom. The standard InChI is InChI=1S/C23H23ClN4O3S/c1-30-19-5-2-16(3-6-19)22-25-18(14-32-22)13-26-8-10-27(11-9-26)15-28-20-7-4-17(24)12-21(20)31-23(28)29/h2-7,12,14H,8-11,13,15H2,1H3. The Bertz CT molecular complexity index is 1270. The summed E-state index contributed by atoms with van der Waals surface area (Å²) in [6.07, 6.45) is 0. The molecule has 1 aliphatic heterocycles. The van der Waals surface area contributed by atoms with Crippen molar-refractivity contribution in [3.63, 3.8) is 0 Å². The molecule has 0 saturated carbocycles. The van der Waals surface area contributed by atoms with Crippen molar-refractivity contribution < 1.29 is 9.15 Å². The molecule has 0 bridgehead atoms. The normalized spacial score (nSPS) is 15.4. The largest absolute Gasteiger partial charge is 0.497 e. The zero-order valence-corrected chi connectivity index (χ0v) is 19.2. The maximum absolute atomic E-state index is 12.3. The molecule has 1 aliphatic rings. The number of piperazine rings is 1. The molecule has 2 aromatic carbocycles. The molecule has 1 fully saturated rings. The molecule has 3 heterocycles. The second kappa shape index (κ2) is 9.07. The summed E-state index contributed by atoms with van der Waals surface area (Å²) >= 11 is 7.67. The summed E-state index contributed by atoms with van der Waals surface area (Å²) in [6.45, 7) is 4.94. The van der Waals surface area contributed by atoms with Gasteiger partial charge in [-0.3, -0.25) is 14.4 Å². The van der Waals surface area contributed by atoms with Gasteiger partial charge >= 0.3 is 5.76 Å². The summed E-state index contributed by atoms with van der Waals surface area (Å²) < 4.78 is 12.2. The minimum atomic E-state index is -0.349. The summed E-state index contributed by atoms with van der Waals surface area (Å²) in [5, 5.41) is 3.71. The van der Waals surface area contributed by atoms with Crippen LogP contribution in [0.25, 0.3) is 21.7 Å². The third-order valence-corrected chi connectivity index (χ3v) is 6.89. The molecule has 0 spiro atoms. The van der Waals surface area contributed by atoms with Crippen LogP contribution in [0, 0.1) is 0 Å². The van der Waals surface area contributed by atoms with Crippen LogP contribution < -0.4 is 10.5 Å². The van der Waals surface area contributed by atoms with Crippen LogP contribution in [0.3, 0.4) is 0 Å². The first-order valence-corrected chi connectivity index (χ1v) is 11.7. The molecule has 0 aliphatic carbocycles. The lowest BCUT2D eigenvalue weighted by molar-refractivity contribution is 0.101. The molecule has 9 heteroatoms. The molecule has 0 amide bonds. The lowest BCUT2D eigenvalue weighted by atomic mass is 10.2. The van der Waals surface area contributed by atoms with E-state index in [1.165, 1.54) is 0 Å². The van der Waals surface area contributed by atoms with Crippen LogP contribution in [0.15, 0.2) is 57.1 Å². The van der Waals surface area contributed by atoms with Crippen molar-refractivity contribution in [2.24, 2.45) is 0 Å². The van der Waals surface area contributed by atoms with Crippen LogP contribution in [-0.4, -0.2) is 52.6 Å². The van der Waals surface area contributed by atoms with Gasteiger partial charge in [-0.1, -0.05) is 11.6 Å². The van der Waals surface area contributed by atoms with E-state index in [0.717, 1.165) is 60.3 Å².